The Kier molecular flexibility index (Phi) is 7.56. The highest BCUT2D eigenvalue weighted by molar-refractivity contribution is 5.95. The molecule has 0 bridgehead atoms. The number of benzene rings is 2. The van der Waals surface area contributed by atoms with E-state index < -0.39 is 18.5 Å². The molecule has 7 nitrogen and oxygen atoms in total. The van der Waals surface area contributed by atoms with Crippen molar-refractivity contribution in [3.8, 4) is 5.75 Å². The minimum atomic E-state index is -0.489. The van der Waals surface area contributed by atoms with Crippen molar-refractivity contribution in [3.05, 3.63) is 59.7 Å². The Morgan fingerprint density at radius 2 is 1.82 bits per heavy atom. The van der Waals surface area contributed by atoms with Crippen molar-refractivity contribution >= 4 is 23.5 Å². The minimum Gasteiger partial charge on any atom is -0.497 e. The van der Waals surface area contributed by atoms with Crippen LogP contribution in [-0.4, -0.2) is 50.0 Å². The van der Waals surface area contributed by atoms with E-state index in [9.17, 15) is 14.4 Å². The van der Waals surface area contributed by atoms with Crippen molar-refractivity contribution in [1.82, 2.24) is 4.90 Å². The van der Waals surface area contributed by atoms with Crippen LogP contribution in [0.3, 0.4) is 0 Å². The van der Waals surface area contributed by atoms with Crippen LogP contribution in [0.2, 0.25) is 0 Å². The summed E-state index contributed by atoms with van der Waals surface area (Å²) in [5.74, 6) is -0.700. The van der Waals surface area contributed by atoms with Gasteiger partial charge in [-0.1, -0.05) is 30.3 Å². The van der Waals surface area contributed by atoms with Crippen LogP contribution in [0.4, 0.5) is 5.69 Å². The molecule has 2 aromatic rings. The number of esters is 1. The molecule has 0 atom stereocenters. The molecular weight excluding hydrogens is 360 g/mol. The van der Waals surface area contributed by atoms with Crippen molar-refractivity contribution in [2.24, 2.45) is 0 Å². The standard InChI is InChI=1S/C21H24N2O5/c1-15-7-4-5-8-16(15)11-21(26)28-14-20(25)23(2)13-19(24)22-17-9-6-10-18(12-17)27-3/h4-10,12H,11,13-14H2,1-3H3,(H,22,24). The maximum atomic E-state index is 12.1. The molecule has 0 unspecified atom stereocenters. The SMILES string of the molecule is COc1cccc(NC(=O)CN(C)C(=O)COC(=O)Cc2ccccc2C)c1. The largest absolute Gasteiger partial charge is 0.497 e. The summed E-state index contributed by atoms with van der Waals surface area (Å²) >= 11 is 0. The number of hydrogen-bond donors (Lipinski definition) is 1. The lowest BCUT2D eigenvalue weighted by Crippen LogP contribution is -2.37. The molecule has 2 amide bonds. The highest BCUT2D eigenvalue weighted by Crippen LogP contribution is 2.16. The number of amides is 2. The normalized spacial score (nSPS) is 10.1. The van der Waals surface area contributed by atoms with E-state index in [-0.39, 0.29) is 18.9 Å². The predicted octanol–water partition coefficient (Wildman–Crippen LogP) is 2.19. The van der Waals surface area contributed by atoms with E-state index in [4.69, 9.17) is 9.47 Å². The summed E-state index contributed by atoms with van der Waals surface area (Å²) in [4.78, 5) is 37.3. The third kappa shape index (κ3) is 6.42. The molecule has 0 heterocycles. The van der Waals surface area contributed by atoms with E-state index in [1.807, 2.05) is 31.2 Å². The van der Waals surface area contributed by atoms with Gasteiger partial charge >= 0.3 is 5.97 Å². The van der Waals surface area contributed by atoms with E-state index >= 15 is 0 Å². The number of methoxy groups -OCH3 is 1. The highest BCUT2D eigenvalue weighted by Gasteiger charge is 2.16. The number of nitrogens with zero attached hydrogens (tertiary/aromatic N) is 1. The number of aryl methyl sites for hydroxylation is 1. The molecule has 0 aliphatic carbocycles. The molecule has 2 rings (SSSR count). The summed E-state index contributed by atoms with van der Waals surface area (Å²) < 4.78 is 10.1. The van der Waals surface area contributed by atoms with Gasteiger partial charge in [0.25, 0.3) is 5.91 Å². The second kappa shape index (κ2) is 10.1. The number of carbonyl (C=O) groups is 3. The summed E-state index contributed by atoms with van der Waals surface area (Å²) in [6.45, 7) is 1.33. The van der Waals surface area contributed by atoms with Crippen LogP contribution in [0.5, 0.6) is 5.75 Å². The number of likely N-dealkylation sites (N-methyl/N-ethyl adjacent to an activating group) is 1. The van der Waals surface area contributed by atoms with Crippen LogP contribution in [0.25, 0.3) is 0 Å². The molecule has 0 aliphatic heterocycles. The van der Waals surface area contributed by atoms with Gasteiger partial charge in [-0.3, -0.25) is 14.4 Å². The van der Waals surface area contributed by atoms with Gasteiger partial charge in [0.2, 0.25) is 5.91 Å². The molecule has 0 aliphatic rings. The molecule has 0 spiro atoms. The predicted molar refractivity (Wildman–Crippen MR) is 105 cm³/mol. The van der Waals surface area contributed by atoms with Gasteiger partial charge in [-0.15, -0.1) is 0 Å². The highest BCUT2D eigenvalue weighted by atomic mass is 16.5. The smallest absolute Gasteiger partial charge is 0.310 e. The quantitative estimate of drug-likeness (QED) is 0.705. The average molecular weight is 384 g/mol. The molecule has 28 heavy (non-hydrogen) atoms. The molecule has 0 radical (unpaired) electrons. The summed E-state index contributed by atoms with van der Waals surface area (Å²) in [5, 5.41) is 2.69. The van der Waals surface area contributed by atoms with Gasteiger partial charge in [-0.25, -0.2) is 0 Å². The number of rotatable bonds is 8. The van der Waals surface area contributed by atoms with Gasteiger partial charge in [0, 0.05) is 18.8 Å². The molecule has 0 saturated heterocycles. The fourth-order valence-electron chi connectivity index (χ4n) is 2.47. The first kappa shape index (κ1) is 21.0. The van der Waals surface area contributed by atoms with E-state index in [1.165, 1.54) is 19.1 Å². The fraction of sp³-hybridized carbons (Fsp3) is 0.286. The summed E-state index contributed by atoms with van der Waals surface area (Å²) in [7, 11) is 3.01. The van der Waals surface area contributed by atoms with Gasteiger partial charge < -0.3 is 19.7 Å². The molecule has 0 saturated carbocycles. The topological polar surface area (TPSA) is 84.9 Å². The molecule has 7 heteroatoms. The number of anilines is 1. The zero-order valence-electron chi connectivity index (χ0n) is 16.2. The second-order valence-corrected chi connectivity index (χ2v) is 6.29. The Balaban J connectivity index is 1.77. The van der Waals surface area contributed by atoms with Crippen LogP contribution in [0.1, 0.15) is 11.1 Å². The lowest BCUT2D eigenvalue weighted by atomic mass is 10.1. The van der Waals surface area contributed by atoms with Crippen LogP contribution in [0, 0.1) is 6.92 Å². The lowest BCUT2D eigenvalue weighted by Gasteiger charge is -2.17. The third-order valence-electron chi connectivity index (χ3n) is 4.11. The maximum Gasteiger partial charge on any atom is 0.310 e. The van der Waals surface area contributed by atoms with Crippen molar-refractivity contribution in [2.45, 2.75) is 13.3 Å². The first-order valence-corrected chi connectivity index (χ1v) is 8.77. The number of nitrogens with one attached hydrogen (secondary N) is 1. The number of carbonyl (C=O) groups excluding carboxylic acids is 3. The molecule has 0 fully saturated rings. The van der Waals surface area contributed by atoms with Crippen molar-refractivity contribution < 1.29 is 23.9 Å². The van der Waals surface area contributed by atoms with Gasteiger partial charge in [0.15, 0.2) is 6.61 Å². The Hall–Kier alpha value is -3.35. The second-order valence-electron chi connectivity index (χ2n) is 6.29. The molecular formula is C21H24N2O5. The van der Waals surface area contributed by atoms with Crippen LogP contribution in [0.15, 0.2) is 48.5 Å². The Bertz CT molecular complexity index is 850. The molecule has 1 N–H and O–H groups in total. The summed E-state index contributed by atoms with van der Waals surface area (Å²) in [6.07, 6.45) is 0.0972. The lowest BCUT2D eigenvalue weighted by molar-refractivity contribution is -0.151. The first-order valence-electron chi connectivity index (χ1n) is 8.77. The zero-order chi connectivity index (χ0) is 20.5. The van der Waals surface area contributed by atoms with E-state index in [2.05, 4.69) is 5.32 Å². The van der Waals surface area contributed by atoms with Gasteiger partial charge in [0.05, 0.1) is 20.1 Å². The third-order valence-corrected chi connectivity index (χ3v) is 4.11. The van der Waals surface area contributed by atoms with E-state index in [1.54, 1.807) is 24.3 Å². The monoisotopic (exact) mass is 384 g/mol. The van der Waals surface area contributed by atoms with E-state index in [0.29, 0.717) is 11.4 Å². The maximum absolute atomic E-state index is 12.1. The summed E-state index contributed by atoms with van der Waals surface area (Å²) in [5.41, 5.74) is 2.40. The first-order chi connectivity index (χ1) is 13.4. The van der Waals surface area contributed by atoms with Crippen LogP contribution in [-0.2, 0) is 25.5 Å². The Labute approximate surface area is 164 Å². The Morgan fingerprint density at radius 3 is 2.54 bits per heavy atom. The Morgan fingerprint density at radius 1 is 1.07 bits per heavy atom. The minimum absolute atomic E-state index is 0.0972. The van der Waals surface area contributed by atoms with Crippen molar-refractivity contribution in [1.29, 1.82) is 0 Å². The zero-order valence-corrected chi connectivity index (χ0v) is 16.2. The van der Waals surface area contributed by atoms with Gasteiger partial charge in [-0.2, -0.15) is 0 Å². The van der Waals surface area contributed by atoms with Crippen molar-refractivity contribution in [3.63, 3.8) is 0 Å². The van der Waals surface area contributed by atoms with Crippen LogP contribution < -0.4 is 10.1 Å². The molecule has 148 valence electrons. The number of hydrogen-bond acceptors (Lipinski definition) is 5. The van der Waals surface area contributed by atoms with E-state index in [0.717, 1.165) is 11.1 Å². The average Bonchev–Trinajstić information content (AvgIpc) is 2.67. The molecule has 2 aromatic carbocycles. The van der Waals surface area contributed by atoms with Gasteiger partial charge in [-0.05, 0) is 30.2 Å². The number of ether oxygens (including phenoxy) is 2. The summed E-state index contributed by atoms with van der Waals surface area (Å²) in [6, 6.07) is 14.4. The fourth-order valence-corrected chi connectivity index (χ4v) is 2.47. The van der Waals surface area contributed by atoms with Crippen molar-refractivity contribution in [2.75, 3.05) is 32.6 Å². The van der Waals surface area contributed by atoms with Gasteiger partial charge in [0.1, 0.15) is 5.75 Å². The molecule has 0 aromatic heterocycles. The van der Waals surface area contributed by atoms with Crippen LogP contribution >= 0.6 is 0 Å².